The number of alkyl carbamates (subject to hydrolysis) is 2. The summed E-state index contributed by atoms with van der Waals surface area (Å²) >= 11 is 0. The third kappa shape index (κ3) is 12.8. The maximum Gasteiger partial charge on any atom is 0.407 e. The van der Waals surface area contributed by atoms with Gasteiger partial charge in [0.1, 0.15) is 24.4 Å². The summed E-state index contributed by atoms with van der Waals surface area (Å²) in [5.41, 5.74) is 14.3. The minimum Gasteiger partial charge on any atom is -0.461 e. The quantitative estimate of drug-likeness (QED) is 0.0868. The first-order valence-electron chi connectivity index (χ1n) is 28.9. The van der Waals surface area contributed by atoms with Crippen LogP contribution in [0.3, 0.4) is 0 Å². The molecule has 0 spiro atoms. The van der Waals surface area contributed by atoms with Crippen molar-refractivity contribution < 1.29 is 38.1 Å². The number of nitrogens with one attached hydrogen (secondary N) is 4. The normalized spacial score (nSPS) is 41.8. The number of rotatable bonds is 12. The maximum atomic E-state index is 12.3. The Morgan fingerprint density at radius 1 is 0.462 bits per heavy atom. The van der Waals surface area contributed by atoms with Crippen molar-refractivity contribution in [3.05, 3.63) is 71.8 Å². The van der Waals surface area contributed by atoms with Crippen LogP contribution in [-0.2, 0) is 41.8 Å². The van der Waals surface area contributed by atoms with Crippen molar-refractivity contribution in [3.63, 3.8) is 0 Å². The first-order chi connectivity index (χ1) is 35.8. The molecule has 16 bridgehead atoms. The Kier molecular flexibility index (Phi) is 19.9. The Labute approximate surface area is 468 Å². The Balaban J connectivity index is 0.000000151. The summed E-state index contributed by atoms with van der Waals surface area (Å²) in [6.07, 6.45) is 22.7. The zero-order valence-corrected chi connectivity index (χ0v) is 44.1. The Morgan fingerprint density at radius 3 is 1.10 bits per heavy atom. The van der Waals surface area contributed by atoms with E-state index in [1.165, 1.54) is 51.4 Å². The van der Waals surface area contributed by atoms with Gasteiger partial charge in [0.15, 0.2) is 0 Å². The van der Waals surface area contributed by atoms with Crippen LogP contribution >= 0.6 is 0 Å². The molecule has 18 rings (SSSR count). The molecule has 8 N–H and O–H groups in total. The van der Waals surface area contributed by atoms with Crippen LogP contribution in [0.15, 0.2) is 60.7 Å². The van der Waals surface area contributed by atoms with E-state index in [-0.39, 0.29) is 64.2 Å². The number of carbonyl (C=O) groups is 4. The summed E-state index contributed by atoms with van der Waals surface area (Å²) in [7, 11) is 4.15. The highest BCUT2D eigenvalue weighted by molar-refractivity contribution is 5.69. The van der Waals surface area contributed by atoms with Gasteiger partial charge in [-0.3, -0.25) is 9.59 Å². The van der Waals surface area contributed by atoms with Crippen LogP contribution in [0.4, 0.5) is 9.59 Å². The largest absolute Gasteiger partial charge is 0.461 e. The number of amides is 2. The van der Waals surface area contributed by atoms with E-state index in [1.807, 2.05) is 60.7 Å². The highest BCUT2D eigenvalue weighted by Crippen LogP contribution is 2.59. The molecule has 14 heteroatoms. The smallest absolute Gasteiger partial charge is 0.407 e. The van der Waals surface area contributed by atoms with Gasteiger partial charge in [0.2, 0.25) is 0 Å². The van der Waals surface area contributed by atoms with Crippen LogP contribution in [0, 0.1) is 71.0 Å². The summed E-state index contributed by atoms with van der Waals surface area (Å²) in [5, 5.41) is 13.4. The predicted molar refractivity (Wildman–Crippen MR) is 308 cm³/mol. The van der Waals surface area contributed by atoms with Gasteiger partial charge in [-0.25, -0.2) is 9.59 Å². The summed E-state index contributed by atoms with van der Waals surface area (Å²) < 4.78 is 21.6. The SMILES string of the molecule is C.C.C.C.CNC1C2CC3CC1CC(NC(=O)OCc1ccccc1)(C3)C2.CNC1C2CC3CC1CC(OC=O)(C3)C2.NC1C2CC3CC1CC(NC(=O)OCc1ccccc1)(C3)C2.NC1C2CC3CC1CC(OC=O)(C3)C2. The lowest BCUT2D eigenvalue weighted by molar-refractivity contribution is -0.177. The molecule has 8 atom stereocenters. The fourth-order valence-corrected chi connectivity index (χ4v) is 19.7. The first-order valence-corrected chi connectivity index (χ1v) is 28.9. The minimum absolute atomic E-state index is 0. The lowest BCUT2D eigenvalue weighted by Gasteiger charge is -2.60. The summed E-state index contributed by atoms with van der Waals surface area (Å²) in [4.78, 5) is 45.6. The maximum absolute atomic E-state index is 12.3. The molecule has 2 amide bonds. The fourth-order valence-electron chi connectivity index (χ4n) is 19.7. The zero-order chi connectivity index (χ0) is 51.2. The second kappa shape index (κ2) is 25.3. The van der Waals surface area contributed by atoms with Crippen LogP contribution in [0.2, 0.25) is 0 Å². The molecule has 14 nitrogen and oxygen atoms in total. The zero-order valence-electron chi connectivity index (χ0n) is 44.1. The highest BCUT2D eigenvalue weighted by atomic mass is 16.6. The molecule has 0 saturated heterocycles. The van der Waals surface area contributed by atoms with Crippen LogP contribution in [0.5, 0.6) is 0 Å². The average Bonchev–Trinajstić information content (AvgIpc) is 3.51. The van der Waals surface area contributed by atoms with Gasteiger partial charge in [-0.15, -0.1) is 0 Å². The predicted octanol–water partition coefficient (Wildman–Crippen LogP) is 10.8. The van der Waals surface area contributed by atoms with Gasteiger partial charge in [0.05, 0.1) is 0 Å². The average molecular weight is 1080 g/mol. The fraction of sp³-hybridized carbons (Fsp3) is 0.750. The molecular weight excluding hydrogens is 981 g/mol. The van der Waals surface area contributed by atoms with Crippen molar-refractivity contribution in [2.45, 2.75) is 218 Å². The molecule has 0 aliphatic heterocycles. The topological polar surface area (TPSA) is 205 Å². The molecule has 436 valence electrons. The van der Waals surface area contributed by atoms with Crippen LogP contribution in [0.1, 0.15) is 169 Å². The summed E-state index contributed by atoms with van der Waals surface area (Å²) in [6.45, 7) is 1.98. The van der Waals surface area contributed by atoms with E-state index in [0.717, 1.165) is 124 Å². The van der Waals surface area contributed by atoms with Gasteiger partial charge >= 0.3 is 12.2 Å². The molecule has 0 heterocycles. The molecule has 0 aromatic heterocycles. The second-order valence-corrected chi connectivity index (χ2v) is 26.4. The van der Waals surface area contributed by atoms with E-state index in [0.29, 0.717) is 85.8 Å². The van der Waals surface area contributed by atoms with Gasteiger partial charge in [-0.2, -0.15) is 0 Å². The van der Waals surface area contributed by atoms with E-state index in [1.54, 1.807) is 0 Å². The minimum atomic E-state index is -0.278. The van der Waals surface area contributed by atoms with Gasteiger partial charge in [0.25, 0.3) is 12.9 Å². The van der Waals surface area contributed by atoms with Crippen molar-refractivity contribution in [1.82, 2.24) is 21.3 Å². The molecule has 0 radical (unpaired) electrons. The van der Waals surface area contributed by atoms with Crippen molar-refractivity contribution >= 4 is 25.1 Å². The van der Waals surface area contributed by atoms with E-state index >= 15 is 0 Å². The standard InChI is InChI=1S/C19H26N2O2.C18H24N2O2.C12H19NO2.C11H17NO2.4CH4/c1-20-17-15-7-14-8-16(17)11-19(9-14,10-15)21-18(22)23-12-13-5-3-2-4-6-13;19-16-14-6-13-7-15(16)10-18(8-13,9-14)20-17(21)22-11-12-4-2-1-3-5-12;1-13-11-9-2-8-3-10(11)6-12(4-8,5-9)15-7-14;12-10-8-1-7-2-9(10)5-11(3-7,4-8)14-6-13;;;;/h2-6,14-17,20H,7-12H2,1H3,(H,21,22);1-5,13-16H,6-11,19H2,(H,20,21);7-11,13H,2-6H2,1H3;6-10H,1-5,12H2;4*1H4. The number of nitrogens with two attached hydrogens (primary N) is 2. The first kappa shape index (κ1) is 61.4. The number of hydrogen-bond acceptors (Lipinski definition) is 12. The molecule has 16 aliphatic rings. The Hall–Kier alpha value is -4.24. The van der Waals surface area contributed by atoms with E-state index in [4.69, 9.17) is 30.4 Å². The van der Waals surface area contributed by atoms with Crippen molar-refractivity contribution in [3.8, 4) is 0 Å². The molecule has 2 aromatic rings. The van der Waals surface area contributed by atoms with Crippen molar-refractivity contribution in [1.29, 1.82) is 0 Å². The van der Waals surface area contributed by atoms with Gasteiger partial charge in [0, 0.05) is 35.2 Å². The van der Waals surface area contributed by atoms with E-state index < -0.39 is 0 Å². The highest BCUT2D eigenvalue weighted by Gasteiger charge is 2.59. The molecule has 8 unspecified atom stereocenters. The number of ether oxygens (including phenoxy) is 4. The van der Waals surface area contributed by atoms with Crippen molar-refractivity contribution in [2.75, 3.05) is 14.1 Å². The van der Waals surface area contributed by atoms with E-state index in [9.17, 15) is 19.2 Å². The molecule has 16 saturated carbocycles. The molecule has 78 heavy (non-hydrogen) atoms. The van der Waals surface area contributed by atoms with Gasteiger partial charge in [-0.05, 0) is 225 Å². The molecule has 2 aromatic carbocycles. The lowest BCUT2D eigenvalue weighted by atomic mass is 9.51. The van der Waals surface area contributed by atoms with Gasteiger partial charge < -0.3 is 51.7 Å². The molecule has 16 aliphatic carbocycles. The summed E-state index contributed by atoms with van der Waals surface area (Å²) in [5.74, 6) is 8.39. The van der Waals surface area contributed by atoms with Crippen LogP contribution in [-0.4, -0.2) is 85.7 Å². The molecular formula is C64H102N6O8. The van der Waals surface area contributed by atoms with Crippen LogP contribution in [0.25, 0.3) is 0 Å². The van der Waals surface area contributed by atoms with E-state index in [2.05, 4.69) is 35.4 Å². The number of benzene rings is 2. The number of hydrogen-bond donors (Lipinski definition) is 6. The second-order valence-electron chi connectivity index (χ2n) is 26.4. The summed E-state index contributed by atoms with van der Waals surface area (Å²) in [6, 6.07) is 21.7. The Bertz CT molecular complexity index is 2220. The third-order valence-electron chi connectivity index (χ3n) is 21.5. The van der Waals surface area contributed by atoms with Crippen LogP contribution < -0.4 is 32.7 Å². The number of carbonyl (C=O) groups excluding carboxylic acids is 4. The monoisotopic (exact) mass is 1080 g/mol. The molecule has 16 fully saturated rings. The van der Waals surface area contributed by atoms with Crippen molar-refractivity contribution in [2.24, 2.45) is 82.5 Å². The lowest BCUT2D eigenvalue weighted by Crippen LogP contribution is -2.65. The van der Waals surface area contributed by atoms with Gasteiger partial charge in [-0.1, -0.05) is 90.4 Å². The Morgan fingerprint density at radius 2 is 0.756 bits per heavy atom. The third-order valence-corrected chi connectivity index (χ3v) is 21.5.